The molecule has 1 atom stereocenters. The van der Waals surface area contributed by atoms with E-state index in [1.165, 1.54) is 5.57 Å². The van der Waals surface area contributed by atoms with Crippen molar-refractivity contribution in [1.82, 2.24) is 5.32 Å². The van der Waals surface area contributed by atoms with Gasteiger partial charge in [0, 0.05) is 12.6 Å². The molecule has 1 aliphatic heterocycles. The fourth-order valence-electron chi connectivity index (χ4n) is 1.69. The Labute approximate surface area is 90.1 Å². The lowest BCUT2D eigenvalue weighted by atomic mass is 10.0. The Hall–Kier alpha value is -0.990. The Morgan fingerprint density at radius 1 is 1.43 bits per heavy atom. The van der Waals surface area contributed by atoms with E-state index in [1.807, 2.05) is 12.1 Å². The summed E-state index contributed by atoms with van der Waals surface area (Å²) in [5, 5.41) is 12.6. The molecule has 0 aliphatic carbocycles. The number of phenolic OH excluding ortho intramolecular Hbond substituents is 1. The molecule has 3 heteroatoms. The van der Waals surface area contributed by atoms with E-state index in [0.717, 1.165) is 12.1 Å². The first-order chi connectivity index (χ1) is 6.27. The summed E-state index contributed by atoms with van der Waals surface area (Å²) in [6.07, 6.45) is 2.17. The smallest absolute Gasteiger partial charge is 0.116 e. The van der Waals surface area contributed by atoms with E-state index in [0.29, 0.717) is 11.8 Å². The van der Waals surface area contributed by atoms with Gasteiger partial charge in [-0.1, -0.05) is 18.2 Å². The molecule has 2 nitrogen and oxygen atoms in total. The minimum absolute atomic E-state index is 0. The summed E-state index contributed by atoms with van der Waals surface area (Å²) in [5.74, 6) is 0.331. The maximum absolute atomic E-state index is 9.31. The number of benzene rings is 1. The number of phenols is 1. The molecule has 2 rings (SSSR count). The molecule has 1 heterocycles. The topological polar surface area (TPSA) is 32.3 Å². The van der Waals surface area contributed by atoms with Crippen LogP contribution in [0, 0.1) is 0 Å². The SMILES string of the molecule is CC1NCC=C1c1cccc(O)c1.Cl. The highest BCUT2D eigenvalue weighted by Crippen LogP contribution is 2.24. The molecule has 1 aromatic carbocycles. The molecule has 0 aromatic heterocycles. The molecule has 0 saturated heterocycles. The molecule has 0 bridgehead atoms. The van der Waals surface area contributed by atoms with E-state index in [2.05, 4.69) is 18.3 Å². The Morgan fingerprint density at radius 3 is 2.79 bits per heavy atom. The molecular weight excluding hydrogens is 198 g/mol. The van der Waals surface area contributed by atoms with Crippen molar-refractivity contribution < 1.29 is 5.11 Å². The second-order valence-electron chi connectivity index (χ2n) is 3.34. The Bertz CT molecular complexity index is 349. The molecule has 1 unspecified atom stereocenters. The molecule has 0 spiro atoms. The second-order valence-corrected chi connectivity index (χ2v) is 3.34. The lowest BCUT2D eigenvalue weighted by molar-refractivity contribution is 0.475. The average Bonchev–Trinajstić information content (AvgIpc) is 2.51. The zero-order valence-corrected chi connectivity index (χ0v) is 8.84. The molecule has 2 N–H and O–H groups in total. The molecular formula is C11H14ClNO. The number of hydrogen-bond donors (Lipinski definition) is 2. The van der Waals surface area contributed by atoms with E-state index in [-0.39, 0.29) is 12.4 Å². The maximum Gasteiger partial charge on any atom is 0.116 e. The molecule has 0 fully saturated rings. The third kappa shape index (κ3) is 2.08. The summed E-state index contributed by atoms with van der Waals surface area (Å²) in [6, 6.07) is 7.78. The van der Waals surface area contributed by atoms with Gasteiger partial charge in [-0.2, -0.15) is 0 Å². The van der Waals surface area contributed by atoms with Crippen LogP contribution in [0.25, 0.3) is 5.57 Å². The van der Waals surface area contributed by atoms with Crippen LogP contribution in [0.1, 0.15) is 12.5 Å². The van der Waals surface area contributed by atoms with Crippen molar-refractivity contribution in [2.24, 2.45) is 0 Å². The molecule has 0 saturated carbocycles. The quantitative estimate of drug-likeness (QED) is 0.747. The summed E-state index contributed by atoms with van der Waals surface area (Å²) in [4.78, 5) is 0. The molecule has 1 aliphatic rings. The van der Waals surface area contributed by atoms with Gasteiger partial charge >= 0.3 is 0 Å². The van der Waals surface area contributed by atoms with Crippen LogP contribution in [0.5, 0.6) is 5.75 Å². The van der Waals surface area contributed by atoms with Crippen molar-refractivity contribution in [3.05, 3.63) is 35.9 Å². The lowest BCUT2D eigenvalue weighted by Crippen LogP contribution is -2.20. The predicted molar refractivity (Wildman–Crippen MR) is 60.8 cm³/mol. The first-order valence-corrected chi connectivity index (χ1v) is 4.50. The third-order valence-corrected chi connectivity index (χ3v) is 2.39. The first-order valence-electron chi connectivity index (χ1n) is 4.50. The fraction of sp³-hybridized carbons (Fsp3) is 0.273. The van der Waals surface area contributed by atoms with Crippen molar-refractivity contribution in [2.45, 2.75) is 13.0 Å². The van der Waals surface area contributed by atoms with Gasteiger partial charge in [0.1, 0.15) is 5.75 Å². The van der Waals surface area contributed by atoms with E-state index in [4.69, 9.17) is 0 Å². The number of hydrogen-bond acceptors (Lipinski definition) is 2. The van der Waals surface area contributed by atoms with Gasteiger partial charge in [-0.3, -0.25) is 0 Å². The van der Waals surface area contributed by atoms with Gasteiger partial charge < -0.3 is 10.4 Å². The van der Waals surface area contributed by atoms with E-state index >= 15 is 0 Å². The summed E-state index contributed by atoms with van der Waals surface area (Å²) in [7, 11) is 0. The van der Waals surface area contributed by atoms with Gasteiger partial charge in [0.2, 0.25) is 0 Å². The number of rotatable bonds is 1. The van der Waals surface area contributed by atoms with Gasteiger partial charge in [0.25, 0.3) is 0 Å². The van der Waals surface area contributed by atoms with E-state index < -0.39 is 0 Å². The average molecular weight is 212 g/mol. The standard InChI is InChI=1S/C11H13NO.ClH/c1-8-11(5-6-12-8)9-3-2-4-10(13)7-9;/h2-5,7-8,12-13H,6H2,1H3;1H. The van der Waals surface area contributed by atoms with Crippen molar-refractivity contribution >= 4 is 18.0 Å². The molecule has 0 radical (unpaired) electrons. The van der Waals surface area contributed by atoms with Crippen LogP contribution in [-0.2, 0) is 0 Å². The number of aromatic hydroxyl groups is 1. The zero-order valence-electron chi connectivity index (χ0n) is 8.03. The van der Waals surface area contributed by atoms with Gasteiger partial charge in [0.05, 0.1) is 0 Å². The third-order valence-electron chi connectivity index (χ3n) is 2.39. The Morgan fingerprint density at radius 2 is 2.21 bits per heavy atom. The normalized spacial score (nSPS) is 20.1. The van der Waals surface area contributed by atoms with Crippen molar-refractivity contribution in [3.8, 4) is 5.75 Å². The fourth-order valence-corrected chi connectivity index (χ4v) is 1.69. The van der Waals surface area contributed by atoms with Crippen LogP contribution in [0.3, 0.4) is 0 Å². The second kappa shape index (κ2) is 4.49. The maximum atomic E-state index is 9.31. The van der Waals surface area contributed by atoms with Gasteiger partial charge in [-0.15, -0.1) is 12.4 Å². The largest absolute Gasteiger partial charge is 0.508 e. The first kappa shape index (κ1) is 11.1. The van der Waals surface area contributed by atoms with Crippen LogP contribution in [0.4, 0.5) is 0 Å². The highest BCUT2D eigenvalue weighted by Gasteiger charge is 2.14. The van der Waals surface area contributed by atoms with Crippen molar-refractivity contribution in [1.29, 1.82) is 0 Å². The van der Waals surface area contributed by atoms with E-state index in [9.17, 15) is 5.11 Å². The predicted octanol–water partition coefficient (Wildman–Crippen LogP) is 2.19. The summed E-state index contributed by atoms with van der Waals surface area (Å²) < 4.78 is 0. The monoisotopic (exact) mass is 211 g/mol. The summed E-state index contributed by atoms with van der Waals surface area (Å²) in [5.41, 5.74) is 2.38. The van der Waals surface area contributed by atoms with Gasteiger partial charge in [-0.05, 0) is 30.2 Å². The Kier molecular flexibility index (Phi) is 3.55. The van der Waals surface area contributed by atoms with Crippen LogP contribution in [0.2, 0.25) is 0 Å². The van der Waals surface area contributed by atoms with Gasteiger partial charge in [-0.25, -0.2) is 0 Å². The summed E-state index contributed by atoms with van der Waals surface area (Å²) in [6.45, 7) is 3.05. The van der Waals surface area contributed by atoms with E-state index in [1.54, 1.807) is 12.1 Å². The van der Waals surface area contributed by atoms with Crippen LogP contribution in [-0.4, -0.2) is 17.7 Å². The number of nitrogens with one attached hydrogen (secondary N) is 1. The van der Waals surface area contributed by atoms with Crippen LogP contribution >= 0.6 is 12.4 Å². The molecule has 76 valence electrons. The zero-order chi connectivity index (χ0) is 9.26. The van der Waals surface area contributed by atoms with Crippen LogP contribution < -0.4 is 5.32 Å². The summed E-state index contributed by atoms with van der Waals surface area (Å²) >= 11 is 0. The van der Waals surface area contributed by atoms with Crippen molar-refractivity contribution in [3.63, 3.8) is 0 Å². The lowest BCUT2D eigenvalue weighted by Gasteiger charge is -2.09. The highest BCUT2D eigenvalue weighted by molar-refractivity contribution is 5.85. The number of halogens is 1. The van der Waals surface area contributed by atoms with Crippen molar-refractivity contribution in [2.75, 3.05) is 6.54 Å². The van der Waals surface area contributed by atoms with Crippen LogP contribution in [0.15, 0.2) is 30.3 Å². The minimum atomic E-state index is 0. The Balaban J connectivity index is 0.000000980. The molecule has 0 amide bonds. The minimum Gasteiger partial charge on any atom is -0.508 e. The highest BCUT2D eigenvalue weighted by atomic mass is 35.5. The molecule has 14 heavy (non-hydrogen) atoms. The van der Waals surface area contributed by atoms with Gasteiger partial charge in [0.15, 0.2) is 0 Å². The molecule has 1 aromatic rings.